The summed E-state index contributed by atoms with van der Waals surface area (Å²) in [6, 6.07) is 3.25. The highest BCUT2D eigenvalue weighted by molar-refractivity contribution is 5.24. The van der Waals surface area contributed by atoms with Crippen LogP contribution in [-0.4, -0.2) is 15.0 Å². The van der Waals surface area contributed by atoms with Gasteiger partial charge in [-0.2, -0.15) is 4.73 Å². The number of H-pyrrole nitrogens is 1. The molecule has 2 aromatic heterocycles. The number of nitrogens with one attached hydrogen (secondary N) is 2. The van der Waals surface area contributed by atoms with Crippen LogP contribution < -0.4 is 15.7 Å². The number of rotatable bonds is 4. The predicted molar refractivity (Wildman–Crippen MR) is 63.7 cm³/mol. The van der Waals surface area contributed by atoms with Gasteiger partial charge in [-0.15, -0.1) is 0 Å². The van der Waals surface area contributed by atoms with Crippen molar-refractivity contribution in [2.45, 2.75) is 6.42 Å². The molecule has 0 spiro atoms. The highest BCUT2D eigenvalue weighted by atomic mass is 16.7. The molecule has 0 atom stereocenters. The standard InChI is InChI=1S/C10H9N5O4/c16-9-8(4-7-2-1-3-14(17)6-7)5-11-10(12-9)13-15(18)19/h1-3,5-6H,4H2,(H2,11,12,13,16). The minimum Gasteiger partial charge on any atom is -0.619 e. The van der Waals surface area contributed by atoms with Gasteiger partial charge < -0.3 is 5.21 Å². The average Bonchev–Trinajstić information content (AvgIpc) is 2.32. The molecule has 0 bridgehead atoms. The summed E-state index contributed by atoms with van der Waals surface area (Å²) in [6.45, 7) is 0. The van der Waals surface area contributed by atoms with Crippen LogP contribution in [0, 0.1) is 15.3 Å². The van der Waals surface area contributed by atoms with Gasteiger partial charge in [0, 0.05) is 29.8 Å². The summed E-state index contributed by atoms with van der Waals surface area (Å²) in [4.78, 5) is 27.8. The van der Waals surface area contributed by atoms with Crippen molar-refractivity contribution in [1.29, 1.82) is 0 Å². The number of nitrogens with zero attached hydrogens (tertiary/aromatic N) is 3. The first-order chi connectivity index (χ1) is 9.04. The summed E-state index contributed by atoms with van der Waals surface area (Å²) in [6.07, 6.45) is 4.11. The second-order valence-corrected chi connectivity index (χ2v) is 3.70. The minimum absolute atomic E-state index is 0.212. The first-order valence-corrected chi connectivity index (χ1v) is 5.21. The minimum atomic E-state index is -0.824. The van der Waals surface area contributed by atoms with Crippen molar-refractivity contribution in [2.24, 2.45) is 0 Å². The Hall–Kier alpha value is -2.97. The summed E-state index contributed by atoms with van der Waals surface area (Å²) in [5.74, 6) is -0.245. The molecular formula is C10H9N5O4. The average molecular weight is 263 g/mol. The molecular weight excluding hydrogens is 254 g/mol. The van der Waals surface area contributed by atoms with Gasteiger partial charge in [-0.3, -0.25) is 9.78 Å². The SMILES string of the molecule is O=c1[nH]c(N[N+](=O)[O-])ncc1Cc1ccc[n+]([O-])c1. The molecule has 2 heterocycles. The van der Waals surface area contributed by atoms with Crippen LogP contribution in [0.1, 0.15) is 11.1 Å². The number of nitro groups is 1. The topological polar surface area (TPSA) is 128 Å². The van der Waals surface area contributed by atoms with E-state index in [0.717, 1.165) is 0 Å². The van der Waals surface area contributed by atoms with Gasteiger partial charge in [0.15, 0.2) is 17.4 Å². The van der Waals surface area contributed by atoms with Gasteiger partial charge in [0.1, 0.15) is 0 Å². The van der Waals surface area contributed by atoms with E-state index in [1.54, 1.807) is 17.6 Å². The van der Waals surface area contributed by atoms with Crippen LogP contribution >= 0.6 is 0 Å². The normalized spacial score (nSPS) is 10.1. The van der Waals surface area contributed by atoms with Gasteiger partial charge in [0.05, 0.1) is 0 Å². The Labute approximate surface area is 106 Å². The van der Waals surface area contributed by atoms with Crippen molar-refractivity contribution in [3.05, 3.63) is 67.5 Å². The lowest BCUT2D eigenvalue weighted by atomic mass is 10.1. The number of aromatic amines is 1. The van der Waals surface area contributed by atoms with Crippen LogP contribution in [0.4, 0.5) is 5.95 Å². The molecule has 0 aliphatic carbocycles. The van der Waals surface area contributed by atoms with Crippen LogP contribution in [0.3, 0.4) is 0 Å². The third-order valence-electron chi connectivity index (χ3n) is 2.30. The Morgan fingerprint density at radius 1 is 1.53 bits per heavy atom. The van der Waals surface area contributed by atoms with Crippen LogP contribution in [-0.2, 0) is 6.42 Å². The van der Waals surface area contributed by atoms with Crippen molar-refractivity contribution in [3.8, 4) is 0 Å². The van der Waals surface area contributed by atoms with Crippen molar-refractivity contribution >= 4 is 5.95 Å². The molecule has 9 nitrogen and oxygen atoms in total. The maximum atomic E-state index is 11.7. The second-order valence-electron chi connectivity index (χ2n) is 3.70. The molecule has 0 aliphatic heterocycles. The van der Waals surface area contributed by atoms with E-state index in [2.05, 4.69) is 9.97 Å². The summed E-state index contributed by atoms with van der Waals surface area (Å²) in [5, 5.41) is 20.4. The molecule has 0 saturated carbocycles. The molecule has 0 aliphatic rings. The Kier molecular flexibility index (Phi) is 3.37. The highest BCUT2D eigenvalue weighted by Crippen LogP contribution is 2.03. The van der Waals surface area contributed by atoms with Gasteiger partial charge in [0.2, 0.25) is 0 Å². The zero-order valence-corrected chi connectivity index (χ0v) is 9.57. The third kappa shape index (κ3) is 3.25. The van der Waals surface area contributed by atoms with E-state index in [9.17, 15) is 20.1 Å². The zero-order valence-electron chi connectivity index (χ0n) is 9.57. The molecule has 98 valence electrons. The first kappa shape index (κ1) is 12.5. The monoisotopic (exact) mass is 263 g/mol. The number of pyridine rings is 1. The Morgan fingerprint density at radius 3 is 2.95 bits per heavy atom. The van der Waals surface area contributed by atoms with E-state index < -0.39 is 10.6 Å². The fourth-order valence-corrected chi connectivity index (χ4v) is 1.52. The van der Waals surface area contributed by atoms with Crippen molar-refractivity contribution in [2.75, 3.05) is 5.43 Å². The molecule has 0 fully saturated rings. The van der Waals surface area contributed by atoms with E-state index in [0.29, 0.717) is 15.9 Å². The molecule has 2 rings (SSSR count). The largest absolute Gasteiger partial charge is 0.619 e. The molecule has 0 radical (unpaired) electrons. The van der Waals surface area contributed by atoms with Gasteiger partial charge in [-0.05, 0) is 6.07 Å². The Morgan fingerprint density at radius 2 is 2.32 bits per heavy atom. The van der Waals surface area contributed by atoms with Crippen LogP contribution in [0.5, 0.6) is 0 Å². The Bertz CT molecular complexity index is 669. The molecule has 2 aromatic rings. The summed E-state index contributed by atoms with van der Waals surface area (Å²) in [7, 11) is 0. The number of hydrazine groups is 1. The molecule has 0 amide bonds. The maximum absolute atomic E-state index is 11.7. The van der Waals surface area contributed by atoms with Gasteiger partial charge >= 0.3 is 0 Å². The van der Waals surface area contributed by atoms with Crippen LogP contribution in [0.25, 0.3) is 0 Å². The smallest absolute Gasteiger partial charge is 0.265 e. The summed E-state index contributed by atoms with van der Waals surface area (Å²) in [5.41, 5.74) is 2.19. The lowest BCUT2D eigenvalue weighted by Crippen LogP contribution is -2.25. The van der Waals surface area contributed by atoms with E-state index in [1.165, 1.54) is 18.6 Å². The van der Waals surface area contributed by atoms with Gasteiger partial charge in [0.25, 0.3) is 11.5 Å². The van der Waals surface area contributed by atoms with Gasteiger partial charge in [-0.1, -0.05) is 5.43 Å². The maximum Gasteiger partial charge on any atom is 0.265 e. The lowest BCUT2D eigenvalue weighted by Gasteiger charge is -2.02. The number of hydrogen-bond donors (Lipinski definition) is 2. The quantitative estimate of drug-likeness (QED) is 0.334. The van der Waals surface area contributed by atoms with Gasteiger partial charge in [-0.25, -0.2) is 15.1 Å². The molecule has 0 aromatic carbocycles. The van der Waals surface area contributed by atoms with Crippen molar-refractivity contribution in [3.63, 3.8) is 0 Å². The van der Waals surface area contributed by atoms with Crippen molar-refractivity contribution in [1.82, 2.24) is 9.97 Å². The molecule has 9 heteroatoms. The predicted octanol–water partition coefficient (Wildman–Crippen LogP) is -0.402. The number of aromatic nitrogens is 3. The molecule has 2 N–H and O–H groups in total. The summed E-state index contributed by atoms with van der Waals surface area (Å²) >= 11 is 0. The fourth-order valence-electron chi connectivity index (χ4n) is 1.52. The number of hydrogen-bond acceptors (Lipinski definition) is 5. The number of anilines is 1. The molecule has 0 saturated heterocycles. The summed E-state index contributed by atoms with van der Waals surface area (Å²) < 4.78 is 0.625. The lowest BCUT2D eigenvalue weighted by molar-refractivity contribution is -0.605. The highest BCUT2D eigenvalue weighted by Gasteiger charge is 2.08. The van der Waals surface area contributed by atoms with Crippen molar-refractivity contribution < 1.29 is 9.76 Å². The molecule has 19 heavy (non-hydrogen) atoms. The van der Waals surface area contributed by atoms with Crippen LogP contribution in [0.2, 0.25) is 0 Å². The van der Waals surface area contributed by atoms with E-state index in [-0.39, 0.29) is 12.4 Å². The second kappa shape index (κ2) is 5.12. The third-order valence-corrected chi connectivity index (χ3v) is 2.30. The van der Waals surface area contributed by atoms with E-state index >= 15 is 0 Å². The molecule has 0 unspecified atom stereocenters. The fraction of sp³-hybridized carbons (Fsp3) is 0.100. The first-order valence-electron chi connectivity index (χ1n) is 5.21. The van der Waals surface area contributed by atoms with Crippen LogP contribution in [0.15, 0.2) is 35.5 Å². The Balaban J connectivity index is 2.22. The zero-order chi connectivity index (χ0) is 13.8. The van der Waals surface area contributed by atoms with E-state index in [4.69, 9.17) is 0 Å². The van der Waals surface area contributed by atoms with E-state index in [1.807, 2.05) is 0 Å².